The molecule has 0 saturated carbocycles. The Hall–Kier alpha value is -0.810. The molecule has 0 aliphatic carbocycles. The Kier molecular flexibility index (Phi) is 4.68. The van der Waals surface area contributed by atoms with Crippen molar-refractivity contribution in [2.45, 2.75) is 19.8 Å². The summed E-state index contributed by atoms with van der Waals surface area (Å²) < 4.78 is 14.3. The molecule has 2 rings (SSSR count). The van der Waals surface area contributed by atoms with Crippen molar-refractivity contribution in [2.75, 3.05) is 18.4 Å². The normalized spacial score (nSPS) is 19.4. The summed E-state index contributed by atoms with van der Waals surface area (Å²) in [5, 5.41) is 2.55. The highest BCUT2D eigenvalue weighted by molar-refractivity contribution is 9.10. The molecule has 1 heterocycles. The standard InChI is InChI=1S/C13H15BrClFN2O/c1-8-3-2-6-18(7-8)13(19)17-10-5-4-9(14)11(15)12(10)16/h4-5,8H,2-3,6-7H2,1H3,(H,17,19). The first-order valence-corrected chi connectivity index (χ1v) is 7.35. The number of hydrogen-bond acceptors (Lipinski definition) is 1. The lowest BCUT2D eigenvalue weighted by Crippen LogP contribution is -2.41. The molecular weight excluding hydrogens is 335 g/mol. The van der Waals surface area contributed by atoms with Crippen molar-refractivity contribution in [3.8, 4) is 0 Å². The molecule has 2 amide bonds. The van der Waals surface area contributed by atoms with Crippen LogP contribution in [0.1, 0.15) is 19.8 Å². The second kappa shape index (κ2) is 6.09. The molecular formula is C13H15BrClFN2O. The molecule has 19 heavy (non-hydrogen) atoms. The number of benzene rings is 1. The Morgan fingerprint density at radius 2 is 2.32 bits per heavy atom. The van der Waals surface area contributed by atoms with Crippen LogP contribution in [0.4, 0.5) is 14.9 Å². The number of rotatable bonds is 1. The molecule has 104 valence electrons. The van der Waals surface area contributed by atoms with E-state index in [1.807, 2.05) is 0 Å². The van der Waals surface area contributed by atoms with Crippen LogP contribution in [0.3, 0.4) is 0 Å². The number of urea groups is 1. The maximum atomic E-state index is 13.9. The topological polar surface area (TPSA) is 32.3 Å². The van der Waals surface area contributed by atoms with Crippen LogP contribution in [0, 0.1) is 11.7 Å². The highest BCUT2D eigenvalue weighted by atomic mass is 79.9. The first-order chi connectivity index (χ1) is 8.99. The van der Waals surface area contributed by atoms with Gasteiger partial charge in [-0.25, -0.2) is 9.18 Å². The van der Waals surface area contributed by atoms with Crippen LogP contribution in [-0.4, -0.2) is 24.0 Å². The summed E-state index contributed by atoms with van der Waals surface area (Å²) in [5.74, 6) is -0.132. The highest BCUT2D eigenvalue weighted by Gasteiger charge is 2.22. The van der Waals surface area contributed by atoms with Gasteiger partial charge in [0.1, 0.15) is 0 Å². The minimum absolute atomic E-state index is 0.0233. The molecule has 3 nitrogen and oxygen atoms in total. The van der Waals surface area contributed by atoms with Crippen LogP contribution in [0.25, 0.3) is 0 Å². The lowest BCUT2D eigenvalue weighted by molar-refractivity contribution is 0.182. The van der Waals surface area contributed by atoms with Crippen LogP contribution in [-0.2, 0) is 0 Å². The number of carbonyl (C=O) groups is 1. The number of piperidine rings is 1. The Morgan fingerprint density at radius 3 is 3.00 bits per heavy atom. The molecule has 1 N–H and O–H groups in total. The lowest BCUT2D eigenvalue weighted by atomic mass is 10.0. The highest BCUT2D eigenvalue weighted by Crippen LogP contribution is 2.30. The third-order valence-electron chi connectivity index (χ3n) is 3.22. The Balaban J connectivity index is 2.08. The molecule has 1 atom stereocenters. The van der Waals surface area contributed by atoms with Crippen LogP contribution >= 0.6 is 27.5 Å². The maximum absolute atomic E-state index is 13.9. The second-order valence-corrected chi connectivity index (χ2v) is 6.08. The third kappa shape index (κ3) is 3.39. The van der Waals surface area contributed by atoms with Gasteiger partial charge in [0.05, 0.1) is 10.7 Å². The predicted octanol–water partition coefficient (Wildman–Crippen LogP) is 4.51. The molecule has 0 bridgehead atoms. The molecule has 1 saturated heterocycles. The number of halogens is 3. The van der Waals surface area contributed by atoms with E-state index < -0.39 is 5.82 Å². The van der Waals surface area contributed by atoms with E-state index in [2.05, 4.69) is 28.2 Å². The van der Waals surface area contributed by atoms with Gasteiger partial charge in [-0.05, 0) is 46.8 Å². The fraction of sp³-hybridized carbons (Fsp3) is 0.462. The quantitative estimate of drug-likeness (QED) is 0.744. The van der Waals surface area contributed by atoms with E-state index in [4.69, 9.17) is 11.6 Å². The minimum atomic E-state index is -0.616. The van der Waals surface area contributed by atoms with E-state index in [1.54, 1.807) is 11.0 Å². The van der Waals surface area contributed by atoms with Crippen molar-refractivity contribution in [3.05, 3.63) is 27.4 Å². The summed E-state index contributed by atoms with van der Waals surface area (Å²) in [6, 6.07) is 2.83. The number of nitrogens with zero attached hydrogens (tertiary/aromatic N) is 1. The summed E-state index contributed by atoms with van der Waals surface area (Å²) in [6.45, 7) is 3.52. The van der Waals surface area contributed by atoms with Crippen LogP contribution < -0.4 is 5.32 Å². The van der Waals surface area contributed by atoms with Crippen LogP contribution in [0.2, 0.25) is 5.02 Å². The molecule has 0 aromatic heterocycles. The summed E-state index contributed by atoms with van der Waals surface area (Å²) >= 11 is 8.92. The lowest BCUT2D eigenvalue weighted by Gasteiger charge is -2.31. The number of nitrogens with one attached hydrogen (secondary N) is 1. The SMILES string of the molecule is CC1CCCN(C(=O)Nc2ccc(Br)c(Cl)c2F)C1. The fourth-order valence-corrected chi connectivity index (χ4v) is 2.66. The first-order valence-electron chi connectivity index (χ1n) is 6.18. The largest absolute Gasteiger partial charge is 0.324 e. The van der Waals surface area contributed by atoms with Crippen LogP contribution in [0.15, 0.2) is 16.6 Å². The smallest absolute Gasteiger partial charge is 0.321 e. The van der Waals surface area contributed by atoms with Crippen LogP contribution in [0.5, 0.6) is 0 Å². The van der Waals surface area contributed by atoms with Gasteiger partial charge in [0.25, 0.3) is 0 Å². The molecule has 1 aliphatic heterocycles. The monoisotopic (exact) mass is 348 g/mol. The van der Waals surface area contributed by atoms with Crippen molar-refractivity contribution in [1.82, 2.24) is 4.90 Å². The molecule has 6 heteroatoms. The maximum Gasteiger partial charge on any atom is 0.321 e. The van der Waals surface area contributed by atoms with Crippen molar-refractivity contribution >= 4 is 39.2 Å². The summed E-state index contributed by atoms with van der Waals surface area (Å²) in [4.78, 5) is 13.8. The molecule has 0 spiro atoms. The van der Waals surface area contributed by atoms with E-state index in [1.165, 1.54) is 6.07 Å². The van der Waals surface area contributed by atoms with E-state index in [0.29, 0.717) is 23.5 Å². The Labute approximate surface area is 125 Å². The van der Waals surface area contributed by atoms with Gasteiger partial charge in [0, 0.05) is 17.6 Å². The van der Waals surface area contributed by atoms with Gasteiger partial charge in [-0.2, -0.15) is 0 Å². The number of likely N-dealkylation sites (tertiary alicyclic amines) is 1. The van der Waals surface area contributed by atoms with Gasteiger partial charge in [0.15, 0.2) is 5.82 Å². The predicted molar refractivity (Wildman–Crippen MR) is 78.1 cm³/mol. The molecule has 1 aliphatic rings. The first kappa shape index (κ1) is 14.6. The van der Waals surface area contributed by atoms with Crippen molar-refractivity contribution in [3.63, 3.8) is 0 Å². The van der Waals surface area contributed by atoms with Gasteiger partial charge >= 0.3 is 6.03 Å². The molecule has 1 unspecified atom stereocenters. The molecule has 1 aromatic carbocycles. The summed E-state index contributed by atoms with van der Waals surface area (Å²) in [7, 11) is 0. The van der Waals surface area contributed by atoms with Gasteiger partial charge in [-0.3, -0.25) is 0 Å². The minimum Gasteiger partial charge on any atom is -0.324 e. The third-order valence-corrected chi connectivity index (χ3v) is 4.48. The van der Waals surface area contributed by atoms with Crippen molar-refractivity contribution in [2.24, 2.45) is 5.92 Å². The zero-order chi connectivity index (χ0) is 14.0. The summed E-state index contributed by atoms with van der Waals surface area (Å²) in [5.41, 5.74) is 0.108. The van der Waals surface area contributed by atoms with E-state index in [-0.39, 0.29) is 16.7 Å². The average Bonchev–Trinajstić information content (AvgIpc) is 2.39. The van der Waals surface area contributed by atoms with Gasteiger partial charge in [-0.15, -0.1) is 0 Å². The van der Waals surface area contributed by atoms with Gasteiger partial charge in [-0.1, -0.05) is 18.5 Å². The number of carbonyl (C=O) groups excluding carboxylic acids is 1. The fourth-order valence-electron chi connectivity index (χ4n) is 2.19. The molecule has 1 aromatic rings. The number of amides is 2. The second-order valence-electron chi connectivity index (χ2n) is 4.85. The Morgan fingerprint density at radius 1 is 1.58 bits per heavy atom. The number of hydrogen-bond donors (Lipinski definition) is 1. The summed E-state index contributed by atoms with van der Waals surface area (Å²) in [6.07, 6.45) is 2.11. The van der Waals surface area contributed by atoms with E-state index in [9.17, 15) is 9.18 Å². The molecule has 0 radical (unpaired) electrons. The zero-order valence-electron chi connectivity index (χ0n) is 10.5. The Bertz CT molecular complexity index is 498. The molecule has 1 fully saturated rings. The zero-order valence-corrected chi connectivity index (χ0v) is 12.9. The van der Waals surface area contributed by atoms with Crippen molar-refractivity contribution in [1.29, 1.82) is 0 Å². The van der Waals surface area contributed by atoms with E-state index >= 15 is 0 Å². The average molecular weight is 350 g/mol. The van der Waals surface area contributed by atoms with Crippen molar-refractivity contribution < 1.29 is 9.18 Å². The van der Waals surface area contributed by atoms with E-state index in [0.717, 1.165) is 12.8 Å². The number of anilines is 1. The van der Waals surface area contributed by atoms with Gasteiger partial charge in [0.2, 0.25) is 0 Å². The van der Waals surface area contributed by atoms with Gasteiger partial charge < -0.3 is 10.2 Å².